The van der Waals surface area contributed by atoms with Crippen LogP contribution in [0.15, 0.2) is 48.8 Å². The Morgan fingerprint density at radius 1 is 1.18 bits per heavy atom. The molecule has 0 saturated carbocycles. The summed E-state index contributed by atoms with van der Waals surface area (Å²) >= 11 is 0. The van der Waals surface area contributed by atoms with Crippen LogP contribution in [-0.2, 0) is 11.3 Å². The number of carbonyl (C=O) groups is 1. The maximum Gasteiger partial charge on any atom is 0.261 e. The predicted octanol–water partition coefficient (Wildman–Crippen LogP) is 3.29. The van der Waals surface area contributed by atoms with Crippen molar-refractivity contribution in [1.82, 2.24) is 10.3 Å². The number of carbonyl (C=O) groups excluding carboxylic acids is 1. The van der Waals surface area contributed by atoms with E-state index in [0.717, 1.165) is 16.9 Å². The van der Waals surface area contributed by atoms with E-state index in [1.165, 1.54) is 0 Å². The van der Waals surface area contributed by atoms with Crippen LogP contribution in [0, 0.1) is 0 Å². The number of ether oxygens (including phenoxy) is 1. The Kier molecular flexibility index (Phi) is 5.53. The molecule has 116 valence electrons. The van der Waals surface area contributed by atoms with E-state index in [9.17, 15) is 4.79 Å². The Morgan fingerprint density at radius 3 is 2.64 bits per heavy atom. The average Bonchev–Trinajstić information content (AvgIpc) is 2.53. The van der Waals surface area contributed by atoms with Crippen LogP contribution in [0.3, 0.4) is 0 Å². The van der Waals surface area contributed by atoms with Gasteiger partial charge in [-0.2, -0.15) is 0 Å². The molecule has 2 rings (SSSR count). The van der Waals surface area contributed by atoms with Crippen LogP contribution in [-0.4, -0.2) is 17.0 Å². The molecule has 1 heterocycles. The molecule has 0 saturated heterocycles. The first kappa shape index (κ1) is 16.0. The number of aromatic nitrogens is 1. The summed E-state index contributed by atoms with van der Waals surface area (Å²) in [7, 11) is 0. The first-order valence-electron chi connectivity index (χ1n) is 7.50. The van der Waals surface area contributed by atoms with Gasteiger partial charge in [0.15, 0.2) is 6.10 Å². The van der Waals surface area contributed by atoms with Crippen LogP contribution < -0.4 is 10.1 Å². The number of amides is 1. The standard InChI is InChI=1S/C18H22N2O2/c1-13(2)16-8-4-5-9-17(16)22-14(3)18(21)20-12-15-7-6-10-19-11-15/h4-11,13-14H,12H2,1-3H3,(H,20,21)/t14-/m0/s1. The van der Waals surface area contributed by atoms with E-state index in [1.54, 1.807) is 19.3 Å². The van der Waals surface area contributed by atoms with Gasteiger partial charge in [0.2, 0.25) is 0 Å². The Balaban J connectivity index is 1.94. The maximum absolute atomic E-state index is 12.1. The van der Waals surface area contributed by atoms with Crippen LogP contribution in [0.1, 0.15) is 37.8 Å². The number of pyridine rings is 1. The lowest BCUT2D eigenvalue weighted by atomic mass is 10.0. The first-order chi connectivity index (χ1) is 10.6. The first-order valence-corrected chi connectivity index (χ1v) is 7.50. The summed E-state index contributed by atoms with van der Waals surface area (Å²) in [6.45, 7) is 6.42. The van der Waals surface area contributed by atoms with E-state index in [2.05, 4.69) is 24.1 Å². The third-order valence-corrected chi connectivity index (χ3v) is 3.40. The van der Waals surface area contributed by atoms with Gasteiger partial charge in [0.05, 0.1) is 0 Å². The zero-order valence-electron chi connectivity index (χ0n) is 13.2. The number of hydrogen-bond donors (Lipinski definition) is 1. The van der Waals surface area contributed by atoms with E-state index < -0.39 is 6.10 Å². The minimum absolute atomic E-state index is 0.137. The molecule has 1 aromatic heterocycles. The molecule has 0 spiro atoms. The van der Waals surface area contributed by atoms with Gasteiger partial charge in [-0.3, -0.25) is 9.78 Å². The molecule has 4 nitrogen and oxygen atoms in total. The second-order valence-electron chi connectivity index (χ2n) is 5.53. The SMILES string of the molecule is CC(C)c1ccccc1O[C@@H](C)C(=O)NCc1cccnc1. The summed E-state index contributed by atoms with van der Waals surface area (Å²) in [5.41, 5.74) is 2.07. The molecule has 1 atom stereocenters. The Bertz CT molecular complexity index is 611. The van der Waals surface area contributed by atoms with Gasteiger partial charge in [0, 0.05) is 18.9 Å². The van der Waals surface area contributed by atoms with Gasteiger partial charge in [0.1, 0.15) is 5.75 Å². The van der Waals surface area contributed by atoms with Crippen LogP contribution in [0.4, 0.5) is 0 Å². The molecule has 1 N–H and O–H groups in total. The zero-order valence-corrected chi connectivity index (χ0v) is 13.2. The van der Waals surface area contributed by atoms with Crippen molar-refractivity contribution in [3.63, 3.8) is 0 Å². The Labute approximate surface area is 131 Å². The highest BCUT2D eigenvalue weighted by Crippen LogP contribution is 2.26. The summed E-state index contributed by atoms with van der Waals surface area (Å²) < 4.78 is 5.83. The van der Waals surface area contributed by atoms with Gasteiger partial charge in [-0.1, -0.05) is 38.1 Å². The number of hydrogen-bond acceptors (Lipinski definition) is 3. The van der Waals surface area contributed by atoms with Crippen LogP contribution in [0.5, 0.6) is 5.75 Å². The molecule has 2 aromatic rings. The van der Waals surface area contributed by atoms with Crippen molar-refractivity contribution >= 4 is 5.91 Å². The van der Waals surface area contributed by atoms with Gasteiger partial charge < -0.3 is 10.1 Å². The highest BCUT2D eigenvalue weighted by Gasteiger charge is 2.16. The third kappa shape index (κ3) is 4.32. The summed E-state index contributed by atoms with van der Waals surface area (Å²) in [5.74, 6) is 0.978. The number of benzene rings is 1. The molecule has 0 unspecified atom stereocenters. The van der Waals surface area contributed by atoms with Crippen LogP contribution in [0.25, 0.3) is 0 Å². The van der Waals surface area contributed by atoms with E-state index in [4.69, 9.17) is 4.74 Å². The monoisotopic (exact) mass is 298 g/mol. The third-order valence-electron chi connectivity index (χ3n) is 3.40. The molecule has 0 aliphatic rings. The van der Waals surface area contributed by atoms with Crippen LogP contribution in [0.2, 0.25) is 0 Å². The van der Waals surface area contributed by atoms with Crippen molar-refractivity contribution in [3.05, 3.63) is 59.9 Å². The van der Waals surface area contributed by atoms with Gasteiger partial charge in [-0.15, -0.1) is 0 Å². The minimum atomic E-state index is -0.545. The summed E-state index contributed by atoms with van der Waals surface area (Å²) in [6, 6.07) is 11.6. The normalized spacial score (nSPS) is 12.0. The van der Waals surface area contributed by atoms with Crippen molar-refractivity contribution < 1.29 is 9.53 Å². The fourth-order valence-corrected chi connectivity index (χ4v) is 2.14. The van der Waals surface area contributed by atoms with Gasteiger partial charge in [-0.25, -0.2) is 0 Å². The van der Waals surface area contributed by atoms with Crippen molar-refractivity contribution in [1.29, 1.82) is 0 Å². The molecule has 0 aliphatic heterocycles. The molecule has 22 heavy (non-hydrogen) atoms. The maximum atomic E-state index is 12.1. The minimum Gasteiger partial charge on any atom is -0.481 e. The number of para-hydroxylation sites is 1. The van der Waals surface area contributed by atoms with Crippen molar-refractivity contribution in [3.8, 4) is 5.75 Å². The summed E-state index contributed by atoms with van der Waals surface area (Å²) in [5, 5.41) is 2.86. The lowest BCUT2D eigenvalue weighted by Gasteiger charge is -2.18. The van der Waals surface area contributed by atoms with Crippen LogP contribution >= 0.6 is 0 Å². The Morgan fingerprint density at radius 2 is 1.95 bits per heavy atom. The lowest BCUT2D eigenvalue weighted by Crippen LogP contribution is -2.36. The molecular formula is C18H22N2O2. The number of rotatable bonds is 6. The molecule has 0 fully saturated rings. The smallest absolute Gasteiger partial charge is 0.261 e. The van der Waals surface area contributed by atoms with E-state index in [0.29, 0.717) is 12.5 Å². The lowest BCUT2D eigenvalue weighted by molar-refractivity contribution is -0.127. The van der Waals surface area contributed by atoms with E-state index in [-0.39, 0.29) is 5.91 Å². The van der Waals surface area contributed by atoms with Crippen molar-refractivity contribution in [2.75, 3.05) is 0 Å². The second-order valence-corrected chi connectivity index (χ2v) is 5.53. The fraction of sp³-hybridized carbons (Fsp3) is 0.333. The molecule has 0 bridgehead atoms. The largest absolute Gasteiger partial charge is 0.481 e. The number of nitrogens with one attached hydrogen (secondary N) is 1. The summed E-state index contributed by atoms with van der Waals surface area (Å²) in [6.07, 6.45) is 2.90. The predicted molar refractivity (Wildman–Crippen MR) is 86.7 cm³/mol. The van der Waals surface area contributed by atoms with Crippen molar-refractivity contribution in [2.45, 2.75) is 39.3 Å². The molecule has 0 aliphatic carbocycles. The molecule has 0 radical (unpaired) electrons. The van der Waals surface area contributed by atoms with Gasteiger partial charge >= 0.3 is 0 Å². The van der Waals surface area contributed by atoms with Gasteiger partial charge in [-0.05, 0) is 36.1 Å². The molecule has 1 aromatic carbocycles. The van der Waals surface area contributed by atoms with E-state index in [1.807, 2.05) is 36.4 Å². The molecular weight excluding hydrogens is 276 g/mol. The highest BCUT2D eigenvalue weighted by atomic mass is 16.5. The average molecular weight is 298 g/mol. The van der Waals surface area contributed by atoms with Crippen molar-refractivity contribution in [2.24, 2.45) is 0 Å². The van der Waals surface area contributed by atoms with E-state index >= 15 is 0 Å². The topological polar surface area (TPSA) is 51.2 Å². The van der Waals surface area contributed by atoms with Gasteiger partial charge in [0.25, 0.3) is 5.91 Å². The zero-order chi connectivity index (χ0) is 15.9. The Hall–Kier alpha value is -2.36. The number of nitrogens with zero attached hydrogens (tertiary/aromatic N) is 1. The second kappa shape index (κ2) is 7.59. The molecule has 1 amide bonds. The molecule has 4 heteroatoms. The highest BCUT2D eigenvalue weighted by molar-refractivity contribution is 5.80. The summed E-state index contributed by atoms with van der Waals surface area (Å²) in [4.78, 5) is 16.2. The quantitative estimate of drug-likeness (QED) is 0.890. The fourth-order valence-electron chi connectivity index (χ4n) is 2.14.